The summed E-state index contributed by atoms with van der Waals surface area (Å²) in [6, 6.07) is 15.5. The molecule has 2 aromatic carbocycles. The van der Waals surface area contributed by atoms with Gasteiger partial charge in [-0.1, -0.05) is 49.0 Å². The highest BCUT2D eigenvalue weighted by Gasteiger charge is 2.35. The lowest BCUT2D eigenvalue weighted by molar-refractivity contribution is -0.120. The summed E-state index contributed by atoms with van der Waals surface area (Å²) in [6.45, 7) is 1.85. The SMILES string of the molecule is CCC(=O)N1c2ccccc2-c2nnc(SC)nc2O[C@H]1c1cccc(OC2CCCC2)c1. The standard InChI is InChI=1S/C25H26N4O3S/c1-3-21(30)29-20-14-7-6-13-19(20)22-23(26-25(33-2)28-27-22)32-24(29)16-9-8-12-18(15-16)31-17-10-4-5-11-17/h6-9,12-15,17,24H,3-5,10-11H2,1-2H3/t24-/m0/s1. The number of amides is 1. The lowest BCUT2D eigenvalue weighted by atomic mass is 10.1. The minimum Gasteiger partial charge on any atom is -0.490 e. The predicted molar refractivity (Wildman–Crippen MR) is 128 cm³/mol. The molecule has 1 aliphatic heterocycles. The number of rotatable bonds is 5. The number of hydrogen-bond acceptors (Lipinski definition) is 7. The fourth-order valence-electron chi connectivity index (χ4n) is 4.40. The number of para-hydroxylation sites is 1. The first-order chi connectivity index (χ1) is 16.2. The van der Waals surface area contributed by atoms with Crippen LogP contribution in [0, 0.1) is 0 Å². The number of carbonyl (C=O) groups is 1. The third kappa shape index (κ3) is 4.27. The molecule has 1 atom stereocenters. The summed E-state index contributed by atoms with van der Waals surface area (Å²) < 4.78 is 12.7. The molecule has 3 aromatic rings. The second-order valence-corrected chi connectivity index (χ2v) is 8.93. The van der Waals surface area contributed by atoms with E-state index in [1.54, 1.807) is 4.90 Å². The van der Waals surface area contributed by atoms with Crippen molar-refractivity contribution >= 4 is 23.4 Å². The van der Waals surface area contributed by atoms with Crippen LogP contribution in [0.2, 0.25) is 0 Å². The normalized spacial score (nSPS) is 17.6. The van der Waals surface area contributed by atoms with Gasteiger partial charge in [-0.15, -0.1) is 10.2 Å². The van der Waals surface area contributed by atoms with Crippen molar-refractivity contribution in [2.75, 3.05) is 11.2 Å². The van der Waals surface area contributed by atoms with Crippen LogP contribution in [-0.4, -0.2) is 33.4 Å². The first-order valence-corrected chi connectivity index (χ1v) is 12.5. The van der Waals surface area contributed by atoms with E-state index in [9.17, 15) is 4.79 Å². The number of anilines is 1. The van der Waals surface area contributed by atoms with Crippen molar-refractivity contribution in [1.82, 2.24) is 15.2 Å². The zero-order valence-electron chi connectivity index (χ0n) is 18.7. The number of thioether (sulfide) groups is 1. The van der Waals surface area contributed by atoms with Gasteiger partial charge in [-0.2, -0.15) is 4.98 Å². The van der Waals surface area contributed by atoms with Crippen LogP contribution >= 0.6 is 11.8 Å². The van der Waals surface area contributed by atoms with Gasteiger partial charge in [0.05, 0.1) is 11.8 Å². The van der Waals surface area contributed by atoms with Crippen LogP contribution in [0.5, 0.6) is 11.6 Å². The molecule has 5 rings (SSSR count). The van der Waals surface area contributed by atoms with Crippen LogP contribution in [-0.2, 0) is 4.79 Å². The lowest BCUT2D eigenvalue weighted by Crippen LogP contribution is -2.37. The second-order valence-electron chi connectivity index (χ2n) is 8.15. The molecule has 0 radical (unpaired) electrons. The molecule has 33 heavy (non-hydrogen) atoms. The summed E-state index contributed by atoms with van der Waals surface area (Å²) in [6.07, 6.45) is 6.31. The molecule has 7 nitrogen and oxygen atoms in total. The third-order valence-electron chi connectivity index (χ3n) is 6.01. The van der Waals surface area contributed by atoms with Crippen LogP contribution in [0.25, 0.3) is 11.3 Å². The van der Waals surface area contributed by atoms with Crippen LogP contribution in [0.1, 0.15) is 50.8 Å². The van der Waals surface area contributed by atoms with Gasteiger partial charge in [-0.3, -0.25) is 9.69 Å². The summed E-state index contributed by atoms with van der Waals surface area (Å²) in [7, 11) is 0. The minimum absolute atomic E-state index is 0.0552. The highest BCUT2D eigenvalue weighted by molar-refractivity contribution is 7.98. The molecule has 1 aliphatic carbocycles. The number of ether oxygens (including phenoxy) is 2. The highest BCUT2D eigenvalue weighted by Crippen LogP contribution is 2.44. The summed E-state index contributed by atoms with van der Waals surface area (Å²) in [4.78, 5) is 19.5. The number of aromatic nitrogens is 3. The largest absolute Gasteiger partial charge is 0.490 e. The first kappa shape index (κ1) is 21.7. The Kier molecular flexibility index (Phi) is 6.17. The van der Waals surface area contributed by atoms with E-state index in [4.69, 9.17) is 9.47 Å². The minimum atomic E-state index is -0.710. The molecule has 0 spiro atoms. The number of benzene rings is 2. The van der Waals surface area contributed by atoms with Crippen molar-refractivity contribution in [3.63, 3.8) is 0 Å². The van der Waals surface area contributed by atoms with Crippen molar-refractivity contribution in [1.29, 1.82) is 0 Å². The Morgan fingerprint density at radius 2 is 1.97 bits per heavy atom. The Morgan fingerprint density at radius 1 is 1.15 bits per heavy atom. The van der Waals surface area contributed by atoms with Gasteiger partial charge in [-0.05, 0) is 50.1 Å². The van der Waals surface area contributed by atoms with Gasteiger partial charge in [0, 0.05) is 17.5 Å². The van der Waals surface area contributed by atoms with E-state index >= 15 is 0 Å². The molecule has 1 amide bonds. The maximum absolute atomic E-state index is 13.3. The van der Waals surface area contributed by atoms with Crippen molar-refractivity contribution < 1.29 is 14.3 Å². The van der Waals surface area contributed by atoms with Gasteiger partial charge in [0.15, 0.2) is 5.69 Å². The van der Waals surface area contributed by atoms with Crippen molar-refractivity contribution in [2.24, 2.45) is 0 Å². The molecule has 0 N–H and O–H groups in total. The maximum atomic E-state index is 13.3. The first-order valence-electron chi connectivity index (χ1n) is 11.3. The fraction of sp³-hybridized carbons (Fsp3) is 0.360. The molecule has 2 aliphatic rings. The molecular formula is C25H26N4O3S. The monoisotopic (exact) mass is 462 g/mol. The number of carbonyl (C=O) groups excluding carboxylic acids is 1. The van der Waals surface area contributed by atoms with Gasteiger partial charge in [0.1, 0.15) is 5.75 Å². The van der Waals surface area contributed by atoms with E-state index < -0.39 is 6.23 Å². The smallest absolute Gasteiger partial charge is 0.247 e. The summed E-state index contributed by atoms with van der Waals surface area (Å²) >= 11 is 1.39. The molecule has 2 heterocycles. The summed E-state index contributed by atoms with van der Waals surface area (Å²) in [5.41, 5.74) is 2.84. The second kappa shape index (κ2) is 9.39. The van der Waals surface area contributed by atoms with Gasteiger partial charge in [-0.25, -0.2) is 0 Å². The molecule has 1 saturated carbocycles. The van der Waals surface area contributed by atoms with Crippen LogP contribution in [0.4, 0.5) is 5.69 Å². The van der Waals surface area contributed by atoms with E-state index in [2.05, 4.69) is 15.2 Å². The maximum Gasteiger partial charge on any atom is 0.247 e. The number of nitrogens with zero attached hydrogens (tertiary/aromatic N) is 4. The topological polar surface area (TPSA) is 77.4 Å². The van der Waals surface area contributed by atoms with Crippen LogP contribution in [0.15, 0.2) is 53.7 Å². The molecular weight excluding hydrogens is 436 g/mol. The molecule has 1 fully saturated rings. The molecule has 170 valence electrons. The van der Waals surface area contributed by atoms with Crippen LogP contribution in [0.3, 0.4) is 0 Å². The Balaban J connectivity index is 1.63. The van der Waals surface area contributed by atoms with Gasteiger partial charge in [0.25, 0.3) is 0 Å². The lowest BCUT2D eigenvalue weighted by Gasteiger charge is -2.31. The van der Waals surface area contributed by atoms with E-state index in [-0.39, 0.29) is 12.0 Å². The van der Waals surface area contributed by atoms with Gasteiger partial charge in [0.2, 0.25) is 23.2 Å². The van der Waals surface area contributed by atoms with Crippen molar-refractivity contribution in [3.8, 4) is 22.9 Å². The Labute approximate surface area is 197 Å². The Hall–Kier alpha value is -3.13. The average Bonchev–Trinajstić information content (AvgIpc) is 3.31. The summed E-state index contributed by atoms with van der Waals surface area (Å²) in [5, 5.41) is 9.13. The summed E-state index contributed by atoms with van der Waals surface area (Å²) in [5.74, 6) is 1.09. The zero-order chi connectivity index (χ0) is 22.8. The van der Waals surface area contributed by atoms with E-state index in [0.29, 0.717) is 23.2 Å². The Morgan fingerprint density at radius 3 is 2.76 bits per heavy atom. The van der Waals surface area contributed by atoms with Gasteiger partial charge >= 0.3 is 0 Å². The number of hydrogen-bond donors (Lipinski definition) is 0. The fourth-order valence-corrected chi connectivity index (χ4v) is 4.69. The molecule has 0 bridgehead atoms. The van der Waals surface area contributed by atoms with Crippen molar-refractivity contribution in [3.05, 3.63) is 54.1 Å². The van der Waals surface area contributed by atoms with Crippen LogP contribution < -0.4 is 14.4 Å². The number of fused-ring (bicyclic) bond motifs is 3. The van der Waals surface area contributed by atoms with Crippen molar-refractivity contribution in [2.45, 2.75) is 56.5 Å². The van der Waals surface area contributed by atoms with E-state index in [0.717, 1.165) is 35.4 Å². The Bertz CT molecular complexity index is 1170. The zero-order valence-corrected chi connectivity index (χ0v) is 19.5. The van der Waals surface area contributed by atoms with E-state index in [1.165, 1.54) is 24.6 Å². The molecule has 0 saturated heterocycles. The molecule has 8 heteroatoms. The molecule has 0 unspecified atom stereocenters. The quantitative estimate of drug-likeness (QED) is 0.469. The third-order valence-corrected chi connectivity index (χ3v) is 6.55. The van der Waals surface area contributed by atoms with E-state index in [1.807, 2.05) is 61.7 Å². The average molecular weight is 463 g/mol. The highest BCUT2D eigenvalue weighted by atomic mass is 32.2. The molecule has 1 aromatic heterocycles. The predicted octanol–water partition coefficient (Wildman–Crippen LogP) is 5.42. The van der Waals surface area contributed by atoms with Gasteiger partial charge < -0.3 is 9.47 Å².